The Morgan fingerprint density at radius 3 is 2.50 bits per heavy atom. The molecule has 0 amide bonds. The van der Waals surface area contributed by atoms with Gasteiger partial charge in [-0.05, 0) is 43.2 Å². The van der Waals surface area contributed by atoms with Crippen molar-refractivity contribution in [1.29, 1.82) is 0 Å². The lowest BCUT2D eigenvalue weighted by molar-refractivity contribution is 0.158. The fraction of sp³-hybridized carbons (Fsp3) is 0.222. The highest BCUT2D eigenvalue weighted by molar-refractivity contribution is 5.62. The van der Waals surface area contributed by atoms with Crippen LogP contribution in [0, 0.1) is 0 Å². The van der Waals surface area contributed by atoms with Gasteiger partial charge < -0.3 is 9.84 Å². The summed E-state index contributed by atoms with van der Waals surface area (Å²) in [5, 5.41) is 10.4. The van der Waals surface area contributed by atoms with Gasteiger partial charge in [0.25, 0.3) is 0 Å². The van der Waals surface area contributed by atoms with Crippen molar-refractivity contribution in [2.75, 3.05) is 0 Å². The van der Waals surface area contributed by atoms with Crippen LogP contribution in [-0.2, 0) is 0 Å². The number of fused-ring (bicyclic) bond motifs is 1. The topological polar surface area (TPSA) is 29.5 Å². The SMILES string of the molecule is CC1(C)C=Cc2cc(C(O)c3ccccc3)ccc2O1. The molecule has 0 bridgehead atoms. The largest absolute Gasteiger partial charge is 0.483 e. The zero-order chi connectivity index (χ0) is 14.2. The van der Waals surface area contributed by atoms with E-state index in [0.29, 0.717) is 0 Å². The maximum atomic E-state index is 10.4. The molecule has 1 aliphatic heterocycles. The van der Waals surface area contributed by atoms with Crippen molar-refractivity contribution in [3.8, 4) is 5.75 Å². The summed E-state index contributed by atoms with van der Waals surface area (Å²) >= 11 is 0. The van der Waals surface area contributed by atoms with E-state index < -0.39 is 6.10 Å². The van der Waals surface area contributed by atoms with Crippen LogP contribution in [0.2, 0.25) is 0 Å². The number of hydrogen-bond acceptors (Lipinski definition) is 2. The van der Waals surface area contributed by atoms with Crippen molar-refractivity contribution in [2.45, 2.75) is 25.6 Å². The van der Waals surface area contributed by atoms with Crippen molar-refractivity contribution in [3.63, 3.8) is 0 Å². The summed E-state index contributed by atoms with van der Waals surface area (Å²) in [6, 6.07) is 15.5. The van der Waals surface area contributed by atoms with Crippen molar-refractivity contribution < 1.29 is 9.84 Å². The van der Waals surface area contributed by atoms with Crippen LogP contribution in [0.25, 0.3) is 6.08 Å². The second-order valence-corrected chi connectivity index (χ2v) is 5.65. The lowest BCUT2D eigenvalue weighted by atomic mass is 9.96. The van der Waals surface area contributed by atoms with Gasteiger partial charge in [0.2, 0.25) is 0 Å². The highest BCUT2D eigenvalue weighted by atomic mass is 16.5. The summed E-state index contributed by atoms with van der Waals surface area (Å²) in [6.45, 7) is 4.05. The third-order valence-corrected chi connectivity index (χ3v) is 3.50. The second-order valence-electron chi connectivity index (χ2n) is 5.65. The smallest absolute Gasteiger partial charge is 0.127 e. The minimum absolute atomic E-state index is 0.271. The first kappa shape index (κ1) is 12.9. The molecule has 1 N–H and O–H groups in total. The van der Waals surface area contributed by atoms with Crippen molar-refractivity contribution in [1.82, 2.24) is 0 Å². The Bertz CT molecular complexity index is 642. The molecule has 0 fully saturated rings. The van der Waals surface area contributed by atoms with Gasteiger partial charge in [0.05, 0.1) is 0 Å². The fourth-order valence-electron chi connectivity index (χ4n) is 2.40. The summed E-state index contributed by atoms with van der Waals surface area (Å²) in [5.41, 5.74) is 2.51. The second kappa shape index (κ2) is 4.80. The zero-order valence-corrected chi connectivity index (χ0v) is 11.7. The first-order valence-electron chi connectivity index (χ1n) is 6.80. The molecule has 0 saturated carbocycles. The van der Waals surface area contributed by atoms with E-state index in [0.717, 1.165) is 22.4 Å². The summed E-state index contributed by atoms with van der Waals surface area (Å²) in [6.07, 6.45) is 3.48. The van der Waals surface area contributed by atoms with Gasteiger partial charge in [-0.2, -0.15) is 0 Å². The number of aliphatic hydroxyl groups is 1. The Labute approximate surface area is 119 Å². The van der Waals surface area contributed by atoms with E-state index in [2.05, 4.69) is 6.08 Å². The summed E-state index contributed by atoms with van der Waals surface area (Å²) in [5.74, 6) is 0.863. The Kier molecular flexibility index (Phi) is 3.11. The molecule has 2 heteroatoms. The molecule has 2 aromatic rings. The maximum Gasteiger partial charge on any atom is 0.127 e. The van der Waals surface area contributed by atoms with Crippen LogP contribution in [0.3, 0.4) is 0 Å². The molecule has 1 atom stereocenters. The first-order chi connectivity index (χ1) is 9.55. The van der Waals surface area contributed by atoms with Gasteiger partial charge in [0, 0.05) is 5.56 Å². The number of ether oxygens (including phenoxy) is 1. The lowest BCUT2D eigenvalue weighted by Gasteiger charge is -2.28. The number of aliphatic hydroxyl groups excluding tert-OH is 1. The predicted octanol–water partition coefficient (Wildman–Crippen LogP) is 3.95. The molecule has 1 aliphatic rings. The van der Waals surface area contributed by atoms with E-state index in [1.807, 2.05) is 68.5 Å². The van der Waals surface area contributed by atoms with Crippen molar-refractivity contribution in [3.05, 3.63) is 71.3 Å². The number of benzene rings is 2. The van der Waals surface area contributed by atoms with E-state index in [-0.39, 0.29) is 5.60 Å². The third-order valence-electron chi connectivity index (χ3n) is 3.50. The Hall–Kier alpha value is -2.06. The van der Waals surface area contributed by atoms with E-state index in [1.54, 1.807) is 0 Å². The molecule has 3 rings (SSSR count). The monoisotopic (exact) mass is 266 g/mol. The summed E-state index contributed by atoms with van der Waals surface area (Å²) < 4.78 is 5.89. The van der Waals surface area contributed by atoms with Gasteiger partial charge in [-0.15, -0.1) is 0 Å². The Balaban J connectivity index is 1.94. The van der Waals surface area contributed by atoms with Crippen LogP contribution in [0.4, 0.5) is 0 Å². The molecular formula is C18H18O2. The van der Waals surface area contributed by atoms with Crippen LogP contribution in [0.1, 0.15) is 36.6 Å². The molecular weight excluding hydrogens is 248 g/mol. The third kappa shape index (κ3) is 2.47. The van der Waals surface area contributed by atoms with E-state index in [9.17, 15) is 5.11 Å². The normalized spacial score (nSPS) is 17.1. The van der Waals surface area contributed by atoms with Crippen LogP contribution < -0.4 is 4.74 Å². The van der Waals surface area contributed by atoms with Gasteiger partial charge in [-0.3, -0.25) is 0 Å². The quantitative estimate of drug-likeness (QED) is 0.891. The summed E-state index contributed by atoms with van der Waals surface area (Å²) in [7, 11) is 0. The molecule has 0 aromatic heterocycles. The van der Waals surface area contributed by atoms with Gasteiger partial charge in [0.1, 0.15) is 17.5 Å². The molecule has 1 heterocycles. The molecule has 2 aromatic carbocycles. The van der Waals surface area contributed by atoms with Gasteiger partial charge in [0.15, 0.2) is 0 Å². The summed E-state index contributed by atoms with van der Waals surface area (Å²) in [4.78, 5) is 0. The van der Waals surface area contributed by atoms with E-state index in [4.69, 9.17) is 4.74 Å². The van der Waals surface area contributed by atoms with Crippen LogP contribution in [0.5, 0.6) is 5.75 Å². The minimum atomic E-state index is -0.607. The van der Waals surface area contributed by atoms with Gasteiger partial charge >= 0.3 is 0 Å². The average molecular weight is 266 g/mol. The van der Waals surface area contributed by atoms with E-state index >= 15 is 0 Å². The molecule has 102 valence electrons. The number of hydrogen-bond donors (Lipinski definition) is 1. The molecule has 0 spiro atoms. The molecule has 20 heavy (non-hydrogen) atoms. The minimum Gasteiger partial charge on any atom is -0.483 e. The van der Waals surface area contributed by atoms with E-state index in [1.165, 1.54) is 0 Å². The fourth-order valence-corrected chi connectivity index (χ4v) is 2.40. The molecule has 0 radical (unpaired) electrons. The van der Waals surface area contributed by atoms with Crippen LogP contribution >= 0.6 is 0 Å². The molecule has 2 nitrogen and oxygen atoms in total. The number of rotatable bonds is 2. The van der Waals surface area contributed by atoms with Gasteiger partial charge in [-0.1, -0.05) is 42.5 Å². The predicted molar refractivity (Wildman–Crippen MR) is 80.7 cm³/mol. The Morgan fingerprint density at radius 1 is 1.00 bits per heavy atom. The average Bonchev–Trinajstić information content (AvgIpc) is 2.46. The molecule has 1 unspecified atom stereocenters. The zero-order valence-electron chi connectivity index (χ0n) is 11.7. The standard InChI is InChI=1S/C18H18O2/c1-18(2)11-10-14-12-15(8-9-16(14)20-18)17(19)13-6-4-3-5-7-13/h3-12,17,19H,1-2H3. The van der Waals surface area contributed by atoms with Crippen molar-refractivity contribution in [2.24, 2.45) is 0 Å². The highest BCUT2D eigenvalue weighted by Gasteiger charge is 2.22. The van der Waals surface area contributed by atoms with Crippen LogP contribution in [-0.4, -0.2) is 10.7 Å². The highest BCUT2D eigenvalue weighted by Crippen LogP contribution is 2.33. The van der Waals surface area contributed by atoms with Crippen molar-refractivity contribution >= 4 is 6.08 Å². The van der Waals surface area contributed by atoms with Gasteiger partial charge in [-0.25, -0.2) is 0 Å². The Morgan fingerprint density at radius 2 is 1.75 bits per heavy atom. The molecule has 0 aliphatic carbocycles. The first-order valence-corrected chi connectivity index (χ1v) is 6.80. The van der Waals surface area contributed by atoms with Crippen LogP contribution in [0.15, 0.2) is 54.6 Å². The lowest BCUT2D eigenvalue weighted by Crippen LogP contribution is -2.27. The molecule has 0 saturated heterocycles. The maximum absolute atomic E-state index is 10.4.